The van der Waals surface area contributed by atoms with Crippen LogP contribution >= 0.6 is 11.3 Å². The summed E-state index contributed by atoms with van der Waals surface area (Å²) in [5.41, 5.74) is 5.97. The van der Waals surface area contributed by atoms with E-state index in [0.717, 1.165) is 28.6 Å². The molecule has 0 aromatic carbocycles. The molecule has 0 aliphatic rings. The Morgan fingerprint density at radius 2 is 2.29 bits per heavy atom. The number of aryl methyl sites for hydroxylation is 1. The van der Waals surface area contributed by atoms with Gasteiger partial charge in [0.25, 0.3) is 0 Å². The summed E-state index contributed by atoms with van der Waals surface area (Å²) >= 11 is 1.52. The highest BCUT2D eigenvalue weighted by Crippen LogP contribution is 2.21. The molecular formula is C8H13N5S. The lowest BCUT2D eigenvalue weighted by molar-refractivity contribution is 0.622. The molecule has 0 amide bonds. The summed E-state index contributed by atoms with van der Waals surface area (Å²) in [6, 6.07) is 0.0334. The van der Waals surface area contributed by atoms with Gasteiger partial charge in [0.1, 0.15) is 5.01 Å². The fourth-order valence-electron chi connectivity index (χ4n) is 1.31. The van der Waals surface area contributed by atoms with Crippen LogP contribution in [0.15, 0.2) is 0 Å². The van der Waals surface area contributed by atoms with Gasteiger partial charge in [0.2, 0.25) is 4.96 Å². The second-order valence-electron chi connectivity index (χ2n) is 3.28. The molecule has 0 aliphatic heterocycles. The van der Waals surface area contributed by atoms with E-state index in [2.05, 4.69) is 22.2 Å². The molecule has 2 rings (SSSR count). The van der Waals surface area contributed by atoms with Crippen molar-refractivity contribution in [2.45, 2.75) is 32.7 Å². The Bertz CT molecular complexity index is 432. The van der Waals surface area contributed by atoms with Gasteiger partial charge in [-0.05, 0) is 13.3 Å². The molecule has 6 heteroatoms. The Morgan fingerprint density at radius 1 is 1.50 bits per heavy atom. The van der Waals surface area contributed by atoms with Crippen molar-refractivity contribution in [2.75, 3.05) is 0 Å². The number of rotatable bonds is 3. The van der Waals surface area contributed by atoms with E-state index in [4.69, 9.17) is 5.73 Å². The van der Waals surface area contributed by atoms with Crippen LogP contribution in [-0.2, 0) is 0 Å². The van der Waals surface area contributed by atoms with Gasteiger partial charge in [-0.2, -0.15) is 9.61 Å². The van der Waals surface area contributed by atoms with Crippen LogP contribution in [0.4, 0.5) is 0 Å². The molecule has 0 bridgehead atoms. The molecule has 76 valence electrons. The van der Waals surface area contributed by atoms with Crippen molar-refractivity contribution in [3.63, 3.8) is 0 Å². The third kappa shape index (κ3) is 1.51. The molecule has 1 atom stereocenters. The number of nitrogens with two attached hydrogens (primary N) is 1. The second-order valence-corrected chi connectivity index (χ2v) is 4.26. The lowest BCUT2D eigenvalue weighted by Crippen LogP contribution is -2.09. The van der Waals surface area contributed by atoms with Crippen molar-refractivity contribution in [2.24, 2.45) is 5.73 Å². The summed E-state index contributed by atoms with van der Waals surface area (Å²) in [5, 5.41) is 13.2. The van der Waals surface area contributed by atoms with Crippen LogP contribution in [0.3, 0.4) is 0 Å². The Morgan fingerprint density at radius 3 is 2.93 bits per heavy atom. The largest absolute Gasteiger partial charge is 0.322 e. The van der Waals surface area contributed by atoms with Gasteiger partial charge in [-0.1, -0.05) is 24.7 Å². The molecule has 2 heterocycles. The predicted molar refractivity (Wildman–Crippen MR) is 55.2 cm³/mol. The van der Waals surface area contributed by atoms with Crippen LogP contribution in [0.2, 0.25) is 0 Å². The topological polar surface area (TPSA) is 69.1 Å². The van der Waals surface area contributed by atoms with Gasteiger partial charge in [0.15, 0.2) is 5.82 Å². The lowest BCUT2D eigenvalue weighted by Gasteiger charge is -2.03. The Balaban J connectivity index is 2.35. The molecule has 0 fully saturated rings. The van der Waals surface area contributed by atoms with Crippen molar-refractivity contribution in [3.8, 4) is 0 Å². The van der Waals surface area contributed by atoms with Crippen LogP contribution < -0.4 is 5.73 Å². The maximum absolute atomic E-state index is 5.97. The van der Waals surface area contributed by atoms with E-state index in [0.29, 0.717) is 0 Å². The molecule has 1 unspecified atom stereocenters. The lowest BCUT2D eigenvalue weighted by atomic mass is 10.2. The summed E-state index contributed by atoms with van der Waals surface area (Å²) in [5.74, 6) is 0.811. The molecular weight excluding hydrogens is 198 g/mol. The molecule has 0 spiro atoms. The monoisotopic (exact) mass is 211 g/mol. The van der Waals surface area contributed by atoms with Gasteiger partial charge < -0.3 is 5.73 Å². The van der Waals surface area contributed by atoms with E-state index in [1.165, 1.54) is 11.3 Å². The number of aromatic nitrogens is 4. The maximum Gasteiger partial charge on any atom is 0.234 e. The zero-order valence-corrected chi connectivity index (χ0v) is 9.08. The molecule has 0 radical (unpaired) electrons. The van der Waals surface area contributed by atoms with Crippen molar-refractivity contribution in [3.05, 3.63) is 10.8 Å². The summed E-state index contributed by atoms with van der Waals surface area (Å²) in [6.07, 6.45) is 2.03. The van der Waals surface area contributed by atoms with E-state index in [-0.39, 0.29) is 6.04 Å². The van der Waals surface area contributed by atoms with Crippen molar-refractivity contribution >= 4 is 16.3 Å². The number of hydrogen-bond acceptors (Lipinski definition) is 5. The molecule has 0 saturated carbocycles. The molecule has 14 heavy (non-hydrogen) atoms. The minimum absolute atomic E-state index is 0.0334. The quantitative estimate of drug-likeness (QED) is 0.830. The minimum Gasteiger partial charge on any atom is -0.322 e. The molecule has 0 aliphatic carbocycles. The van der Waals surface area contributed by atoms with Crippen LogP contribution in [0, 0.1) is 6.92 Å². The second kappa shape index (κ2) is 3.62. The number of hydrogen-bond donors (Lipinski definition) is 1. The summed E-state index contributed by atoms with van der Waals surface area (Å²) in [7, 11) is 0. The fourth-order valence-corrected chi connectivity index (χ4v) is 2.23. The van der Waals surface area contributed by atoms with E-state index < -0.39 is 0 Å². The summed E-state index contributed by atoms with van der Waals surface area (Å²) in [4.78, 5) is 0.823. The maximum atomic E-state index is 5.97. The van der Waals surface area contributed by atoms with E-state index in [9.17, 15) is 0 Å². The molecule has 2 aromatic rings. The number of fused-ring (bicyclic) bond motifs is 1. The van der Waals surface area contributed by atoms with Gasteiger partial charge in [-0.25, -0.2) is 0 Å². The molecule has 5 nitrogen and oxygen atoms in total. The molecule has 2 N–H and O–H groups in total. The zero-order valence-electron chi connectivity index (χ0n) is 8.27. The van der Waals surface area contributed by atoms with Crippen LogP contribution in [0.1, 0.15) is 36.6 Å². The highest BCUT2D eigenvalue weighted by molar-refractivity contribution is 7.16. The highest BCUT2D eigenvalue weighted by atomic mass is 32.1. The Kier molecular flexibility index (Phi) is 2.47. The van der Waals surface area contributed by atoms with E-state index in [1.54, 1.807) is 4.52 Å². The van der Waals surface area contributed by atoms with Crippen LogP contribution in [-0.4, -0.2) is 19.8 Å². The minimum atomic E-state index is 0.0334. The zero-order chi connectivity index (χ0) is 10.1. The first-order valence-corrected chi connectivity index (χ1v) is 5.48. The summed E-state index contributed by atoms with van der Waals surface area (Å²) < 4.78 is 1.75. The average molecular weight is 211 g/mol. The van der Waals surface area contributed by atoms with Crippen molar-refractivity contribution < 1.29 is 0 Å². The number of nitrogens with zero attached hydrogens (tertiary/aromatic N) is 4. The van der Waals surface area contributed by atoms with Gasteiger partial charge in [0, 0.05) is 0 Å². The van der Waals surface area contributed by atoms with Crippen LogP contribution in [0.5, 0.6) is 0 Å². The smallest absolute Gasteiger partial charge is 0.234 e. The van der Waals surface area contributed by atoms with Crippen LogP contribution in [0.25, 0.3) is 4.96 Å². The first-order chi connectivity index (χ1) is 6.72. The third-order valence-corrected chi connectivity index (χ3v) is 3.11. The normalized spacial score (nSPS) is 13.6. The highest BCUT2D eigenvalue weighted by Gasteiger charge is 2.13. The Hall–Kier alpha value is -1.01. The first kappa shape index (κ1) is 9.54. The fraction of sp³-hybridized carbons (Fsp3) is 0.625. The van der Waals surface area contributed by atoms with Crippen molar-refractivity contribution in [1.29, 1.82) is 0 Å². The van der Waals surface area contributed by atoms with Gasteiger partial charge >= 0.3 is 0 Å². The van der Waals surface area contributed by atoms with Gasteiger partial charge in [-0.3, -0.25) is 0 Å². The molecule has 2 aromatic heterocycles. The standard InChI is InChI=1S/C8H13N5S/c1-3-4-6(9)7-12-13-5(2)10-11-8(13)14-7/h6H,3-4,9H2,1-2H3. The third-order valence-electron chi connectivity index (χ3n) is 2.08. The first-order valence-electron chi connectivity index (χ1n) is 4.66. The molecule has 0 saturated heterocycles. The van der Waals surface area contributed by atoms with Gasteiger partial charge in [0.05, 0.1) is 6.04 Å². The average Bonchev–Trinajstić information content (AvgIpc) is 2.69. The van der Waals surface area contributed by atoms with E-state index in [1.807, 2.05) is 6.92 Å². The van der Waals surface area contributed by atoms with E-state index >= 15 is 0 Å². The summed E-state index contributed by atoms with van der Waals surface area (Å²) in [6.45, 7) is 4.00. The Labute approximate surface area is 86.0 Å². The van der Waals surface area contributed by atoms with Crippen molar-refractivity contribution in [1.82, 2.24) is 19.8 Å². The SMILES string of the molecule is CCCC(N)c1nn2c(C)nnc2s1. The van der Waals surface area contributed by atoms with Gasteiger partial charge in [-0.15, -0.1) is 10.2 Å². The predicted octanol–water partition coefficient (Wildman–Crippen LogP) is 1.29.